The minimum atomic E-state index is -0.671. The van der Waals surface area contributed by atoms with Gasteiger partial charge in [0.05, 0.1) is 12.1 Å². The molecule has 7 heteroatoms. The molecule has 25 heavy (non-hydrogen) atoms. The van der Waals surface area contributed by atoms with Crippen LogP contribution in [0.15, 0.2) is 30.3 Å². The van der Waals surface area contributed by atoms with E-state index >= 15 is 0 Å². The lowest BCUT2D eigenvalue weighted by Crippen LogP contribution is -2.63. The Kier molecular flexibility index (Phi) is 4.17. The van der Waals surface area contributed by atoms with Gasteiger partial charge in [-0.05, 0) is 25.0 Å². The van der Waals surface area contributed by atoms with Gasteiger partial charge in [0, 0.05) is 11.6 Å². The number of amides is 4. The van der Waals surface area contributed by atoms with Gasteiger partial charge in [-0.2, -0.15) is 0 Å². The number of para-hydroxylation sites is 1. The van der Waals surface area contributed by atoms with Crippen molar-refractivity contribution in [1.82, 2.24) is 10.2 Å². The number of nitrogens with one attached hydrogen (secondary N) is 2. The highest BCUT2D eigenvalue weighted by molar-refractivity contribution is 6.05. The summed E-state index contributed by atoms with van der Waals surface area (Å²) in [5, 5.41) is 5.57. The number of benzene rings is 1. The van der Waals surface area contributed by atoms with E-state index in [0.29, 0.717) is 5.69 Å². The third-order valence-corrected chi connectivity index (χ3v) is 5.27. The van der Waals surface area contributed by atoms with Gasteiger partial charge >= 0.3 is 6.03 Å². The first kappa shape index (κ1) is 16.1. The molecule has 3 aliphatic rings. The lowest BCUT2D eigenvalue weighted by Gasteiger charge is -2.34. The highest BCUT2D eigenvalue weighted by atomic mass is 16.5. The Bertz CT molecular complexity index is 693. The normalized spacial score (nSPS) is 31.1. The van der Waals surface area contributed by atoms with Crippen LogP contribution in [0.3, 0.4) is 0 Å². The molecule has 0 radical (unpaired) electrons. The van der Waals surface area contributed by atoms with Gasteiger partial charge in [0.15, 0.2) is 6.10 Å². The van der Waals surface area contributed by atoms with Crippen molar-refractivity contribution in [1.29, 1.82) is 0 Å². The van der Waals surface area contributed by atoms with Crippen LogP contribution in [0.2, 0.25) is 0 Å². The highest BCUT2D eigenvalue weighted by Gasteiger charge is 2.54. The van der Waals surface area contributed by atoms with Crippen molar-refractivity contribution in [3.05, 3.63) is 30.3 Å². The lowest BCUT2D eigenvalue weighted by molar-refractivity contribution is -0.144. The molecule has 4 rings (SSSR count). The standard InChI is InChI=1S/C18H21N3O4/c22-14(19-11-6-2-1-3-7-11)10-21-17(23)16-15(20-18(21)24)12-8-4-5-9-13(12)25-16/h1-3,6-7,12-13,15-16H,4-5,8-10H2,(H,19,22)(H,20,24). The molecule has 1 aromatic rings. The summed E-state index contributed by atoms with van der Waals surface area (Å²) in [7, 11) is 0. The summed E-state index contributed by atoms with van der Waals surface area (Å²) in [6.45, 7) is -0.318. The second kappa shape index (κ2) is 6.48. The molecule has 7 nitrogen and oxygen atoms in total. The molecule has 4 amide bonds. The molecular formula is C18H21N3O4. The van der Waals surface area contributed by atoms with Gasteiger partial charge in [-0.1, -0.05) is 31.0 Å². The largest absolute Gasteiger partial charge is 0.363 e. The maximum absolute atomic E-state index is 12.7. The number of carbonyl (C=O) groups excluding carboxylic acids is 3. The lowest BCUT2D eigenvalue weighted by atomic mass is 9.81. The maximum atomic E-state index is 12.7. The topological polar surface area (TPSA) is 87.7 Å². The third-order valence-electron chi connectivity index (χ3n) is 5.27. The number of urea groups is 1. The van der Waals surface area contributed by atoms with Gasteiger partial charge in [-0.15, -0.1) is 0 Å². The summed E-state index contributed by atoms with van der Waals surface area (Å²) < 4.78 is 5.92. The Hall–Kier alpha value is -2.41. The zero-order chi connectivity index (χ0) is 17.4. The van der Waals surface area contributed by atoms with E-state index in [1.807, 2.05) is 6.07 Å². The minimum Gasteiger partial charge on any atom is -0.363 e. The molecule has 0 spiro atoms. The molecule has 4 atom stereocenters. The van der Waals surface area contributed by atoms with Gasteiger partial charge in [-0.25, -0.2) is 4.79 Å². The fraction of sp³-hybridized carbons (Fsp3) is 0.500. The monoisotopic (exact) mass is 343 g/mol. The van der Waals surface area contributed by atoms with Crippen LogP contribution in [0.5, 0.6) is 0 Å². The Morgan fingerprint density at radius 1 is 1.20 bits per heavy atom. The van der Waals surface area contributed by atoms with E-state index in [2.05, 4.69) is 10.6 Å². The quantitative estimate of drug-likeness (QED) is 0.871. The van der Waals surface area contributed by atoms with Crippen LogP contribution in [-0.4, -0.2) is 47.5 Å². The number of ether oxygens (including phenoxy) is 1. The molecule has 2 heterocycles. The van der Waals surface area contributed by atoms with Crippen LogP contribution >= 0.6 is 0 Å². The molecule has 0 bridgehead atoms. The van der Waals surface area contributed by atoms with Gasteiger partial charge in [0.2, 0.25) is 5.91 Å². The third kappa shape index (κ3) is 3.00. The van der Waals surface area contributed by atoms with Crippen molar-refractivity contribution in [2.75, 3.05) is 11.9 Å². The molecule has 1 aromatic carbocycles. The number of rotatable bonds is 3. The minimum absolute atomic E-state index is 0.0334. The zero-order valence-corrected chi connectivity index (χ0v) is 13.8. The Labute approximate surface area is 145 Å². The Morgan fingerprint density at radius 2 is 1.96 bits per heavy atom. The molecule has 132 valence electrons. The molecular weight excluding hydrogens is 322 g/mol. The van der Waals surface area contributed by atoms with Crippen LogP contribution in [-0.2, 0) is 14.3 Å². The van der Waals surface area contributed by atoms with Crippen molar-refractivity contribution in [2.45, 2.75) is 43.9 Å². The fourth-order valence-electron chi connectivity index (χ4n) is 4.09. The summed E-state index contributed by atoms with van der Waals surface area (Å²) in [6.07, 6.45) is 3.44. The maximum Gasteiger partial charge on any atom is 0.324 e. The van der Waals surface area contributed by atoms with Crippen LogP contribution < -0.4 is 10.6 Å². The van der Waals surface area contributed by atoms with Crippen molar-refractivity contribution in [2.24, 2.45) is 5.92 Å². The summed E-state index contributed by atoms with van der Waals surface area (Å²) in [5.74, 6) is -0.623. The molecule has 4 unspecified atom stereocenters. The van der Waals surface area contributed by atoms with Crippen molar-refractivity contribution < 1.29 is 19.1 Å². The summed E-state index contributed by atoms with van der Waals surface area (Å²) >= 11 is 0. The molecule has 0 aromatic heterocycles. The van der Waals surface area contributed by atoms with Crippen molar-refractivity contribution in [3.8, 4) is 0 Å². The van der Waals surface area contributed by atoms with E-state index in [9.17, 15) is 14.4 Å². The van der Waals surface area contributed by atoms with E-state index in [1.54, 1.807) is 24.3 Å². The molecule has 1 saturated carbocycles. The average Bonchev–Trinajstić information content (AvgIpc) is 2.98. The zero-order valence-electron chi connectivity index (χ0n) is 13.8. The van der Waals surface area contributed by atoms with Crippen molar-refractivity contribution >= 4 is 23.5 Å². The molecule has 3 fully saturated rings. The van der Waals surface area contributed by atoms with Crippen LogP contribution in [0.4, 0.5) is 10.5 Å². The smallest absolute Gasteiger partial charge is 0.324 e. The van der Waals surface area contributed by atoms with Crippen LogP contribution in [0.1, 0.15) is 25.7 Å². The number of nitrogens with zero attached hydrogens (tertiary/aromatic N) is 1. The van der Waals surface area contributed by atoms with Crippen LogP contribution in [0.25, 0.3) is 0 Å². The van der Waals surface area contributed by atoms with Crippen molar-refractivity contribution in [3.63, 3.8) is 0 Å². The van der Waals surface area contributed by atoms with E-state index in [0.717, 1.165) is 30.6 Å². The number of carbonyl (C=O) groups is 3. The van der Waals surface area contributed by atoms with Gasteiger partial charge in [-0.3, -0.25) is 14.5 Å². The molecule has 1 aliphatic carbocycles. The Balaban J connectivity index is 1.44. The second-order valence-corrected chi connectivity index (χ2v) is 6.86. The first-order valence-corrected chi connectivity index (χ1v) is 8.76. The van der Waals surface area contributed by atoms with E-state index in [1.165, 1.54) is 0 Å². The van der Waals surface area contributed by atoms with E-state index in [-0.39, 0.29) is 24.6 Å². The summed E-state index contributed by atoms with van der Waals surface area (Å²) in [4.78, 5) is 38.2. The second-order valence-electron chi connectivity index (χ2n) is 6.86. The molecule has 2 saturated heterocycles. The van der Waals surface area contributed by atoms with Gasteiger partial charge in [0.1, 0.15) is 6.54 Å². The molecule has 2 N–H and O–H groups in total. The highest BCUT2D eigenvalue weighted by Crippen LogP contribution is 2.39. The number of anilines is 1. The number of hydrogen-bond donors (Lipinski definition) is 2. The predicted octanol–water partition coefficient (Wildman–Crippen LogP) is 1.50. The first-order chi connectivity index (χ1) is 12.1. The SMILES string of the molecule is O=C(CN1C(=O)NC2C(OC3CCCCC32)C1=O)Nc1ccccc1. The predicted molar refractivity (Wildman–Crippen MR) is 89.7 cm³/mol. The van der Waals surface area contributed by atoms with Crippen LogP contribution in [0, 0.1) is 5.92 Å². The van der Waals surface area contributed by atoms with E-state index in [4.69, 9.17) is 4.74 Å². The fourth-order valence-corrected chi connectivity index (χ4v) is 4.09. The summed E-state index contributed by atoms with van der Waals surface area (Å²) in [5.41, 5.74) is 0.623. The van der Waals surface area contributed by atoms with Gasteiger partial charge in [0.25, 0.3) is 5.91 Å². The number of fused-ring (bicyclic) bond motifs is 3. The first-order valence-electron chi connectivity index (χ1n) is 8.76. The number of imide groups is 1. The summed E-state index contributed by atoms with van der Waals surface area (Å²) in [6, 6.07) is 8.16. The van der Waals surface area contributed by atoms with E-state index < -0.39 is 23.9 Å². The van der Waals surface area contributed by atoms with Gasteiger partial charge < -0.3 is 15.4 Å². The number of hydrogen-bond acceptors (Lipinski definition) is 4. The molecule has 2 aliphatic heterocycles. The average molecular weight is 343 g/mol. The Morgan fingerprint density at radius 3 is 2.76 bits per heavy atom.